The molecule has 0 aromatic carbocycles. The second-order valence-corrected chi connectivity index (χ2v) is 7.48. The van der Waals surface area contributed by atoms with Crippen molar-refractivity contribution >= 4 is 0 Å². The minimum absolute atomic E-state index is 0.964. The number of allylic oxidation sites excluding steroid dienone is 4. The first-order valence-electron chi connectivity index (χ1n) is 8.21. The van der Waals surface area contributed by atoms with Gasteiger partial charge in [-0.3, -0.25) is 0 Å². The molecule has 0 heterocycles. The fourth-order valence-corrected chi connectivity index (χ4v) is 4.48. The van der Waals surface area contributed by atoms with E-state index in [1.165, 1.54) is 31.3 Å². The summed E-state index contributed by atoms with van der Waals surface area (Å²) in [6, 6.07) is 0. The standard InChI is InChI=1S/C19H32/c1-7-16(8-13(4)12(2)3)9-18-10-17-11-19(18)15(6)14(17)5/h7,14-15,17-19H,8-11H2,1-6H3/b16-7+. The summed E-state index contributed by atoms with van der Waals surface area (Å²) >= 11 is 0. The van der Waals surface area contributed by atoms with Gasteiger partial charge in [0.15, 0.2) is 0 Å². The third-order valence-corrected chi connectivity index (χ3v) is 6.31. The molecule has 0 aromatic heterocycles. The van der Waals surface area contributed by atoms with Crippen LogP contribution in [-0.2, 0) is 0 Å². The Bertz CT molecular complexity index is 379. The predicted octanol–water partition coefficient (Wildman–Crippen LogP) is 6.00. The first-order valence-corrected chi connectivity index (χ1v) is 8.21. The highest BCUT2D eigenvalue weighted by molar-refractivity contribution is 5.18. The van der Waals surface area contributed by atoms with Crippen LogP contribution in [0.5, 0.6) is 0 Å². The van der Waals surface area contributed by atoms with Crippen LogP contribution in [0.1, 0.15) is 67.2 Å². The summed E-state index contributed by atoms with van der Waals surface area (Å²) < 4.78 is 0. The Labute approximate surface area is 120 Å². The van der Waals surface area contributed by atoms with Crippen LogP contribution in [0.15, 0.2) is 22.8 Å². The van der Waals surface area contributed by atoms with Crippen LogP contribution in [-0.4, -0.2) is 0 Å². The molecule has 0 heteroatoms. The lowest BCUT2D eigenvalue weighted by Crippen LogP contribution is -2.24. The Kier molecular flexibility index (Phi) is 4.58. The van der Waals surface area contributed by atoms with E-state index < -0.39 is 0 Å². The first kappa shape index (κ1) is 14.9. The van der Waals surface area contributed by atoms with Crippen molar-refractivity contribution < 1.29 is 0 Å². The summed E-state index contributed by atoms with van der Waals surface area (Å²) in [7, 11) is 0. The van der Waals surface area contributed by atoms with Crippen molar-refractivity contribution in [3.63, 3.8) is 0 Å². The van der Waals surface area contributed by atoms with E-state index in [4.69, 9.17) is 0 Å². The summed E-state index contributed by atoms with van der Waals surface area (Å²) in [5.74, 6) is 4.98. The van der Waals surface area contributed by atoms with Gasteiger partial charge in [-0.2, -0.15) is 0 Å². The van der Waals surface area contributed by atoms with E-state index in [2.05, 4.69) is 47.6 Å². The second-order valence-electron chi connectivity index (χ2n) is 7.48. The number of hydrogen-bond donors (Lipinski definition) is 0. The number of fused-ring (bicyclic) bond motifs is 2. The molecular weight excluding hydrogens is 228 g/mol. The maximum absolute atomic E-state index is 2.50. The maximum Gasteiger partial charge on any atom is -0.0109 e. The molecule has 0 radical (unpaired) electrons. The van der Waals surface area contributed by atoms with Crippen molar-refractivity contribution in [2.45, 2.75) is 67.2 Å². The van der Waals surface area contributed by atoms with Crippen molar-refractivity contribution in [1.82, 2.24) is 0 Å². The van der Waals surface area contributed by atoms with Gasteiger partial charge in [0.05, 0.1) is 0 Å². The quantitative estimate of drug-likeness (QED) is 0.544. The topological polar surface area (TPSA) is 0 Å². The molecule has 2 saturated carbocycles. The fraction of sp³-hybridized carbons (Fsp3) is 0.789. The molecule has 2 aliphatic carbocycles. The van der Waals surface area contributed by atoms with Crippen LogP contribution in [0.25, 0.3) is 0 Å². The van der Waals surface area contributed by atoms with E-state index in [0.29, 0.717) is 0 Å². The highest BCUT2D eigenvalue weighted by Crippen LogP contribution is 2.56. The molecule has 0 nitrogen and oxygen atoms in total. The Morgan fingerprint density at radius 3 is 2.21 bits per heavy atom. The van der Waals surface area contributed by atoms with Crippen molar-refractivity contribution in [3.05, 3.63) is 22.8 Å². The third kappa shape index (κ3) is 2.98. The van der Waals surface area contributed by atoms with Crippen LogP contribution in [0, 0.1) is 29.6 Å². The van der Waals surface area contributed by atoms with E-state index in [9.17, 15) is 0 Å². The smallest absolute Gasteiger partial charge is 0.0109 e. The Balaban J connectivity index is 1.97. The van der Waals surface area contributed by atoms with Crippen molar-refractivity contribution in [2.75, 3.05) is 0 Å². The molecule has 108 valence electrons. The van der Waals surface area contributed by atoms with Crippen molar-refractivity contribution in [1.29, 1.82) is 0 Å². The molecule has 5 unspecified atom stereocenters. The summed E-state index contributed by atoms with van der Waals surface area (Å²) in [6.07, 6.45) is 7.97. The fourth-order valence-electron chi connectivity index (χ4n) is 4.48. The molecule has 2 fully saturated rings. The molecule has 19 heavy (non-hydrogen) atoms. The average Bonchev–Trinajstić information content (AvgIpc) is 2.89. The minimum atomic E-state index is 0.964. The summed E-state index contributed by atoms with van der Waals surface area (Å²) in [5.41, 5.74) is 4.74. The molecule has 0 saturated heterocycles. The molecule has 0 spiro atoms. The molecule has 2 bridgehead atoms. The Morgan fingerprint density at radius 2 is 1.74 bits per heavy atom. The van der Waals surface area contributed by atoms with Gasteiger partial charge in [0.2, 0.25) is 0 Å². The molecule has 0 aromatic rings. The van der Waals surface area contributed by atoms with Gasteiger partial charge in [-0.1, -0.05) is 36.6 Å². The lowest BCUT2D eigenvalue weighted by Gasteiger charge is -2.32. The molecule has 2 rings (SSSR count). The van der Waals surface area contributed by atoms with Gasteiger partial charge in [-0.25, -0.2) is 0 Å². The summed E-state index contributed by atoms with van der Waals surface area (Å²) in [6.45, 7) is 14.0. The van der Waals surface area contributed by atoms with Crippen LogP contribution < -0.4 is 0 Å². The van der Waals surface area contributed by atoms with Gasteiger partial charge in [0.1, 0.15) is 0 Å². The Hall–Kier alpha value is -0.520. The zero-order chi connectivity index (χ0) is 14.2. The molecule has 5 atom stereocenters. The van der Waals surface area contributed by atoms with Gasteiger partial charge >= 0.3 is 0 Å². The van der Waals surface area contributed by atoms with Crippen LogP contribution in [0.3, 0.4) is 0 Å². The SMILES string of the molecule is C/C=C(\CC(C)=C(C)C)CC1CC2CC1C(C)C2C. The third-order valence-electron chi connectivity index (χ3n) is 6.31. The van der Waals surface area contributed by atoms with E-state index in [0.717, 1.165) is 29.6 Å². The van der Waals surface area contributed by atoms with Crippen LogP contribution >= 0.6 is 0 Å². The monoisotopic (exact) mass is 260 g/mol. The molecule has 0 aliphatic heterocycles. The minimum Gasteiger partial charge on any atom is -0.0881 e. The largest absolute Gasteiger partial charge is 0.0881 e. The average molecular weight is 260 g/mol. The molecule has 2 aliphatic rings. The van der Waals surface area contributed by atoms with E-state index >= 15 is 0 Å². The van der Waals surface area contributed by atoms with Gasteiger partial charge in [0.25, 0.3) is 0 Å². The van der Waals surface area contributed by atoms with E-state index in [1.54, 1.807) is 11.1 Å². The Morgan fingerprint density at radius 1 is 1.05 bits per heavy atom. The maximum atomic E-state index is 2.50. The highest BCUT2D eigenvalue weighted by atomic mass is 14.5. The number of rotatable bonds is 4. The zero-order valence-electron chi connectivity index (χ0n) is 13.8. The summed E-state index contributed by atoms with van der Waals surface area (Å²) in [5, 5.41) is 0. The zero-order valence-corrected chi connectivity index (χ0v) is 13.8. The van der Waals surface area contributed by atoms with E-state index in [-0.39, 0.29) is 0 Å². The van der Waals surface area contributed by atoms with Crippen molar-refractivity contribution in [3.8, 4) is 0 Å². The molecular formula is C19H32. The normalized spacial score (nSPS) is 37.8. The second kappa shape index (κ2) is 5.85. The van der Waals surface area contributed by atoms with Crippen LogP contribution in [0.4, 0.5) is 0 Å². The van der Waals surface area contributed by atoms with Gasteiger partial charge in [0, 0.05) is 0 Å². The van der Waals surface area contributed by atoms with Crippen LogP contribution in [0.2, 0.25) is 0 Å². The highest BCUT2D eigenvalue weighted by Gasteiger charge is 2.48. The molecule has 0 N–H and O–H groups in total. The molecule has 0 amide bonds. The van der Waals surface area contributed by atoms with Gasteiger partial charge < -0.3 is 0 Å². The predicted molar refractivity (Wildman–Crippen MR) is 85.1 cm³/mol. The number of hydrogen-bond acceptors (Lipinski definition) is 0. The first-order chi connectivity index (χ1) is 8.93. The van der Waals surface area contributed by atoms with E-state index in [1.807, 2.05) is 0 Å². The van der Waals surface area contributed by atoms with Gasteiger partial charge in [-0.05, 0) is 83.0 Å². The summed E-state index contributed by atoms with van der Waals surface area (Å²) in [4.78, 5) is 0. The lowest BCUT2D eigenvalue weighted by atomic mass is 9.73. The van der Waals surface area contributed by atoms with Crippen molar-refractivity contribution in [2.24, 2.45) is 29.6 Å². The lowest BCUT2D eigenvalue weighted by molar-refractivity contribution is 0.188. The van der Waals surface area contributed by atoms with Gasteiger partial charge in [-0.15, -0.1) is 0 Å².